The number of allylic oxidation sites excluding steroid dienone is 1. The summed E-state index contributed by atoms with van der Waals surface area (Å²) >= 11 is 0. The van der Waals surface area contributed by atoms with Crippen LogP contribution in [0.15, 0.2) is 5.70 Å². The predicted molar refractivity (Wildman–Crippen MR) is 61.2 cm³/mol. The van der Waals surface area contributed by atoms with E-state index in [1.165, 1.54) is 0 Å². The lowest BCUT2D eigenvalue weighted by molar-refractivity contribution is -0.150. The lowest BCUT2D eigenvalue weighted by Gasteiger charge is -2.30. The number of carbonyl (C=O) groups is 1. The number of nitrogens with zero attached hydrogens (tertiary/aromatic N) is 1. The number of hydrogen-bond donors (Lipinski definition) is 0. The van der Waals surface area contributed by atoms with Crippen LogP contribution in [0.1, 0.15) is 19.8 Å². The van der Waals surface area contributed by atoms with E-state index in [2.05, 4.69) is 4.28 Å². The summed E-state index contributed by atoms with van der Waals surface area (Å²) in [5, 5.41) is 0.956. The number of carbonyl (C=O) groups excluding carboxylic acids is 2. The van der Waals surface area contributed by atoms with E-state index in [4.69, 9.17) is 4.74 Å². The fourth-order valence-electron chi connectivity index (χ4n) is 1.64. The van der Waals surface area contributed by atoms with E-state index in [9.17, 15) is 18.0 Å². The summed E-state index contributed by atoms with van der Waals surface area (Å²) in [6, 6.07) is 0. The molecule has 1 saturated heterocycles. The average Bonchev–Trinajstić information content (AvgIpc) is 2.27. The van der Waals surface area contributed by atoms with Gasteiger partial charge in [0.05, 0.1) is 18.8 Å². The van der Waals surface area contributed by atoms with Crippen LogP contribution in [0.2, 0.25) is 0 Å². The third kappa shape index (κ3) is 4.14. The fraction of sp³-hybridized carbons (Fsp3) is 0.700. The molecule has 8 heteroatoms. The second kappa shape index (κ2) is 5.99. The smallest absolute Gasteiger partial charge is 0.309 e. The normalized spacial score (nSPS) is 20.4. The number of ether oxygens (including phenoxy) is 1. The van der Waals surface area contributed by atoms with Crippen molar-refractivity contribution in [3.63, 3.8) is 0 Å². The van der Waals surface area contributed by atoms with Crippen molar-refractivity contribution >= 4 is 22.0 Å². The first-order chi connectivity index (χ1) is 8.37. The molecule has 1 rings (SSSR count). The van der Waals surface area contributed by atoms with Crippen molar-refractivity contribution in [2.24, 2.45) is 5.92 Å². The van der Waals surface area contributed by atoms with Gasteiger partial charge in [0.2, 0.25) is 0 Å². The highest BCUT2D eigenvalue weighted by Crippen LogP contribution is 2.26. The summed E-state index contributed by atoms with van der Waals surface area (Å²) in [6.45, 7) is 2.08. The molecule has 0 saturated carbocycles. The quantitative estimate of drug-likeness (QED) is 0.522. The van der Waals surface area contributed by atoms with Crippen LogP contribution in [0, 0.1) is 5.92 Å². The second-order valence-electron chi connectivity index (χ2n) is 3.87. The van der Waals surface area contributed by atoms with Gasteiger partial charge in [-0.05, 0) is 13.3 Å². The van der Waals surface area contributed by atoms with Gasteiger partial charge in [-0.2, -0.15) is 8.42 Å². The Kier molecular flexibility index (Phi) is 4.89. The predicted octanol–water partition coefficient (Wildman–Crippen LogP) is -0.132. The molecule has 0 aromatic carbocycles. The van der Waals surface area contributed by atoms with Gasteiger partial charge in [-0.3, -0.25) is 4.79 Å². The first kappa shape index (κ1) is 14.7. The molecule has 0 aromatic rings. The number of esters is 1. The van der Waals surface area contributed by atoms with Gasteiger partial charge in [0, 0.05) is 13.0 Å². The summed E-state index contributed by atoms with van der Waals surface area (Å²) in [6.07, 6.45) is 1.31. The Labute approximate surface area is 105 Å². The van der Waals surface area contributed by atoms with E-state index in [1.807, 2.05) is 0 Å². The van der Waals surface area contributed by atoms with Crippen LogP contribution in [0.4, 0.5) is 0 Å². The fourth-order valence-corrected chi connectivity index (χ4v) is 2.14. The monoisotopic (exact) mass is 277 g/mol. The maximum Gasteiger partial charge on any atom is 0.309 e. The van der Waals surface area contributed by atoms with Gasteiger partial charge in [0.1, 0.15) is 11.6 Å². The zero-order valence-electron chi connectivity index (χ0n) is 10.2. The molecule has 0 bridgehead atoms. The third-order valence-electron chi connectivity index (χ3n) is 2.38. The average molecular weight is 277 g/mol. The Bertz CT molecular complexity index is 465. The van der Waals surface area contributed by atoms with Gasteiger partial charge < -0.3 is 4.74 Å². The van der Waals surface area contributed by atoms with Crippen molar-refractivity contribution in [2.45, 2.75) is 19.8 Å². The Morgan fingerprint density at radius 1 is 1.56 bits per heavy atom. The largest absolute Gasteiger partial charge is 0.466 e. The second-order valence-corrected chi connectivity index (χ2v) is 5.43. The minimum Gasteiger partial charge on any atom is -0.466 e. The standard InChI is InChI=1S/C10H15NO6S/c1-3-16-10(13)8-4-5-11(9(6-8)7-12)17-18(2,14)15/h8H,3-6H2,1-2H3. The number of rotatable bonds is 4. The first-order valence-corrected chi connectivity index (χ1v) is 7.26. The highest BCUT2D eigenvalue weighted by atomic mass is 32.2. The van der Waals surface area contributed by atoms with E-state index in [0.717, 1.165) is 11.3 Å². The third-order valence-corrected chi connectivity index (χ3v) is 2.84. The SMILES string of the molecule is CCOC(=O)C1CCN(OS(C)(=O)=O)C(=C=O)C1. The molecule has 18 heavy (non-hydrogen) atoms. The first-order valence-electron chi connectivity index (χ1n) is 5.45. The van der Waals surface area contributed by atoms with Gasteiger partial charge in [0.15, 0.2) is 0 Å². The summed E-state index contributed by atoms with van der Waals surface area (Å²) in [5.74, 6) is 0.742. The van der Waals surface area contributed by atoms with E-state index in [0.29, 0.717) is 6.42 Å². The number of hydrogen-bond acceptors (Lipinski definition) is 7. The van der Waals surface area contributed by atoms with Crippen LogP contribution in [0.3, 0.4) is 0 Å². The minimum atomic E-state index is -3.70. The molecular weight excluding hydrogens is 262 g/mol. The molecule has 1 atom stereocenters. The molecule has 7 nitrogen and oxygen atoms in total. The molecule has 1 aliphatic rings. The molecule has 1 fully saturated rings. The maximum atomic E-state index is 11.5. The molecule has 1 unspecified atom stereocenters. The molecule has 102 valence electrons. The van der Waals surface area contributed by atoms with Crippen LogP contribution in [0.5, 0.6) is 0 Å². The lowest BCUT2D eigenvalue weighted by atomic mass is 9.96. The van der Waals surface area contributed by atoms with Crippen LogP contribution >= 0.6 is 0 Å². The molecular formula is C10H15NO6S. The van der Waals surface area contributed by atoms with Crippen LogP contribution in [-0.2, 0) is 28.7 Å². The number of piperidine rings is 1. The van der Waals surface area contributed by atoms with Gasteiger partial charge in [0.25, 0.3) is 10.1 Å². The van der Waals surface area contributed by atoms with Crippen molar-refractivity contribution in [1.29, 1.82) is 0 Å². The summed E-state index contributed by atoms with van der Waals surface area (Å²) in [5.41, 5.74) is 0.00438. The van der Waals surface area contributed by atoms with E-state index in [-0.39, 0.29) is 25.3 Å². The van der Waals surface area contributed by atoms with Crippen LogP contribution in [0.25, 0.3) is 0 Å². The molecule has 1 heterocycles. The van der Waals surface area contributed by atoms with Crippen molar-refractivity contribution in [2.75, 3.05) is 19.4 Å². The van der Waals surface area contributed by atoms with Gasteiger partial charge >= 0.3 is 5.97 Å². The molecule has 1 aliphatic heterocycles. The topological polar surface area (TPSA) is 90.0 Å². The van der Waals surface area contributed by atoms with E-state index in [1.54, 1.807) is 12.9 Å². The Hall–Kier alpha value is -1.37. The number of hydroxylamine groups is 2. The lowest BCUT2D eigenvalue weighted by Crippen LogP contribution is -2.37. The van der Waals surface area contributed by atoms with E-state index < -0.39 is 22.0 Å². The molecule has 0 radical (unpaired) electrons. The Morgan fingerprint density at radius 3 is 2.72 bits per heavy atom. The summed E-state index contributed by atoms with van der Waals surface area (Å²) in [7, 11) is -3.70. The van der Waals surface area contributed by atoms with Crippen molar-refractivity contribution in [3.8, 4) is 0 Å². The zero-order chi connectivity index (χ0) is 13.8. The van der Waals surface area contributed by atoms with Gasteiger partial charge in [-0.15, -0.1) is 4.28 Å². The Balaban J connectivity index is 2.72. The van der Waals surface area contributed by atoms with Crippen LogP contribution < -0.4 is 0 Å². The van der Waals surface area contributed by atoms with Gasteiger partial charge in [-0.1, -0.05) is 0 Å². The van der Waals surface area contributed by atoms with Crippen molar-refractivity contribution in [1.82, 2.24) is 5.06 Å². The van der Waals surface area contributed by atoms with Gasteiger partial charge in [-0.25, -0.2) is 9.86 Å². The van der Waals surface area contributed by atoms with Crippen molar-refractivity contribution in [3.05, 3.63) is 5.70 Å². The van der Waals surface area contributed by atoms with E-state index >= 15 is 0 Å². The summed E-state index contributed by atoms with van der Waals surface area (Å²) in [4.78, 5) is 22.3. The highest BCUT2D eigenvalue weighted by Gasteiger charge is 2.31. The molecule has 0 aromatic heterocycles. The molecule has 0 amide bonds. The molecule has 0 spiro atoms. The molecule has 0 aliphatic carbocycles. The molecule has 0 N–H and O–H groups in total. The minimum absolute atomic E-state index is 0.00438. The van der Waals surface area contributed by atoms with Crippen LogP contribution in [-0.4, -0.2) is 44.8 Å². The zero-order valence-corrected chi connectivity index (χ0v) is 11.0. The Morgan fingerprint density at radius 2 is 2.22 bits per heavy atom. The maximum absolute atomic E-state index is 11.5. The summed E-state index contributed by atoms with van der Waals surface area (Å²) < 4.78 is 31.4. The highest BCUT2D eigenvalue weighted by molar-refractivity contribution is 7.85. The van der Waals surface area contributed by atoms with Crippen molar-refractivity contribution < 1.29 is 27.0 Å².